The van der Waals surface area contributed by atoms with Gasteiger partial charge in [-0.05, 0) is 49.6 Å². The summed E-state index contributed by atoms with van der Waals surface area (Å²) < 4.78 is 26.2. The Morgan fingerprint density at radius 3 is 2.23 bits per heavy atom. The lowest BCUT2D eigenvalue weighted by atomic mass is 10.1. The molecule has 0 spiro atoms. The van der Waals surface area contributed by atoms with Crippen molar-refractivity contribution in [2.24, 2.45) is 0 Å². The fourth-order valence-electron chi connectivity index (χ4n) is 3.44. The van der Waals surface area contributed by atoms with Gasteiger partial charge >= 0.3 is 0 Å². The maximum atomic E-state index is 13.7. The van der Waals surface area contributed by atoms with E-state index in [0.29, 0.717) is 17.0 Å². The van der Waals surface area contributed by atoms with E-state index in [2.05, 4.69) is 5.32 Å². The van der Waals surface area contributed by atoms with Gasteiger partial charge in [-0.15, -0.1) is 0 Å². The molecule has 0 saturated carbocycles. The molecule has 0 saturated heterocycles. The minimum absolute atomic E-state index is 0.0197. The Balaban J connectivity index is 2.50. The summed E-state index contributed by atoms with van der Waals surface area (Å²) in [6.07, 6.45) is 2.01. The smallest absolute Gasteiger partial charge is 0.244 e. The minimum Gasteiger partial charge on any atom is -0.352 e. The van der Waals surface area contributed by atoms with Crippen molar-refractivity contribution >= 4 is 62.3 Å². The van der Waals surface area contributed by atoms with Crippen LogP contribution < -0.4 is 9.62 Å². The van der Waals surface area contributed by atoms with Gasteiger partial charge in [-0.1, -0.05) is 66.8 Å². The summed E-state index contributed by atoms with van der Waals surface area (Å²) in [4.78, 5) is 28.1. The predicted octanol–water partition coefficient (Wildman–Crippen LogP) is 5.13. The molecular formula is C24H30Cl3N3O4S. The van der Waals surface area contributed by atoms with Crippen molar-refractivity contribution in [1.29, 1.82) is 0 Å². The summed E-state index contributed by atoms with van der Waals surface area (Å²) in [6.45, 7) is 5.05. The summed E-state index contributed by atoms with van der Waals surface area (Å²) in [6, 6.07) is 10.4. The fourth-order valence-corrected chi connectivity index (χ4v) is 4.93. The number of amides is 2. The average Bonchev–Trinajstić information content (AvgIpc) is 2.79. The van der Waals surface area contributed by atoms with Crippen molar-refractivity contribution in [2.75, 3.05) is 17.1 Å². The molecule has 2 rings (SSSR count). The second-order valence-corrected chi connectivity index (χ2v) is 11.4. The molecule has 0 radical (unpaired) electrons. The van der Waals surface area contributed by atoms with E-state index in [4.69, 9.17) is 34.8 Å². The lowest BCUT2D eigenvalue weighted by Crippen LogP contribution is -2.53. The molecule has 2 atom stereocenters. The van der Waals surface area contributed by atoms with Crippen LogP contribution in [0.1, 0.15) is 39.2 Å². The zero-order chi connectivity index (χ0) is 26.3. The summed E-state index contributed by atoms with van der Waals surface area (Å²) >= 11 is 18.7. The molecule has 0 aliphatic rings. The molecule has 2 aromatic carbocycles. The maximum absolute atomic E-state index is 13.7. The Hall–Kier alpha value is -2.00. The normalized spacial score (nSPS) is 13.1. The van der Waals surface area contributed by atoms with Crippen LogP contribution in [-0.4, -0.2) is 50.0 Å². The Morgan fingerprint density at radius 2 is 1.66 bits per heavy atom. The number of halogens is 3. The van der Waals surface area contributed by atoms with Crippen molar-refractivity contribution in [3.63, 3.8) is 0 Å². The topological polar surface area (TPSA) is 86.8 Å². The van der Waals surface area contributed by atoms with Gasteiger partial charge in [-0.25, -0.2) is 8.42 Å². The second kappa shape index (κ2) is 12.8. The summed E-state index contributed by atoms with van der Waals surface area (Å²) in [5.74, 6) is -0.911. The zero-order valence-electron chi connectivity index (χ0n) is 20.1. The molecule has 35 heavy (non-hydrogen) atoms. The van der Waals surface area contributed by atoms with Crippen LogP contribution in [0.15, 0.2) is 42.5 Å². The Kier molecular flexibility index (Phi) is 10.7. The van der Waals surface area contributed by atoms with E-state index in [1.165, 1.54) is 23.1 Å². The number of benzene rings is 2. The van der Waals surface area contributed by atoms with E-state index >= 15 is 0 Å². The number of nitrogens with one attached hydrogen (secondary N) is 1. The molecule has 192 valence electrons. The van der Waals surface area contributed by atoms with Crippen LogP contribution in [0.4, 0.5) is 5.69 Å². The minimum atomic E-state index is -3.93. The highest BCUT2D eigenvalue weighted by Gasteiger charge is 2.33. The maximum Gasteiger partial charge on any atom is 0.244 e. The average molecular weight is 563 g/mol. The number of anilines is 1. The first-order chi connectivity index (χ1) is 16.4. The third kappa shape index (κ3) is 8.00. The molecule has 2 unspecified atom stereocenters. The van der Waals surface area contributed by atoms with Crippen molar-refractivity contribution in [3.05, 3.63) is 63.1 Å². The number of hydrogen-bond donors (Lipinski definition) is 1. The number of nitrogens with zero attached hydrogens (tertiary/aromatic N) is 2. The number of hydrogen-bond acceptors (Lipinski definition) is 4. The molecule has 2 aromatic rings. The van der Waals surface area contributed by atoms with Gasteiger partial charge < -0.3 is 10.2 Å². The summed E-state index contributed by atoms with van der Waals surface area (Å²) in [5.41, 5.74) is 0.703. The summed E-state index contributed by atoms with van der Waals surface area (Å²) in [7, 11) is -3.93. The van der Waals surface area contributed by atoms with Crippen molar-refractivity contribution in [3.8, 4) is 0 Å². The fraction of sp³-hybridized carbons (Fsp3) is 0.417. The van der Waals surface area contributed by atoms with Crippen LogP contribution in [0.5, 0.6) is 0 Å². The molecule has 7 nitrogen and oxygen atoms in total. The molecule has 0 bridgehead atoms. The highest BCUT2D eigenvalue weighted by atomic mass is 35.5. The third-order valence-corrected chi connectivity index (χ3v) is 7.59. The molecule has 2 amide bonds. The van der Waals surface area contributed by atoms with Crippen LogP contribution in [0.2, 0.25) is 15.1 Å². The molecule has 11 heteroatoms. The molecule has 0 aliphatic heterocycles. The second-order valence-electron chi connectivity index (χ2n) is 8.22. The van der Waals surface area contributed by atoms with Gasteiger partial charge in [0.15, 0.2) is 0 Å². The molecule has 0 heterocycles. The first-order valence-corrected chi connectivity index (χ1v) is 14.1. The summed E-state index contributed by atoms with van der Waals surface area (Å²) in [5, 5.41) is 3.72. The molecular weight excluding hydrogens is 533 g/mol. The number of sulfonamides is 1. The van der Waals surface area contributed by atoms with Gasteiger partial charge in [0.25, 0.3) is 0 Å². The number of rotatable bonds is 11. The van der Waals surface area contributed by atoms with Gasteiger partial charge in [0.1, 0.15) is 12.6 Å². The van der Waals surface area contributed by atoms with E-state index < -0.39 is 28.5 Å². The van der Waals surface area contributed by atoms with E-state index in [-0.39, 0.29) is 34.2 Å². The van der Waals surface area contributed by atoms with Crippen LogP contribution in [0.25, 0.3) is 0 Å². The van der Waals surface area contributed by atoms with Gasteiger partial charge in [-0.3, -0.25) is 13.9 Å². The Labute approximate surface area is 222 Å². The third-order valence-electron chi connectivity index (χ3n) is 5.54. The van der Waals surface area contributed by atoms with Crippen LogP contribution in [0.3, 0.4) is 0 Å². The SMILES string of the molecule is CCC(C)NC(=O)C(CC)N(Cc1ccccc1Cl)C(=O)CN(c1cc(Cl)ccc1Cl)S(C)(=O)=O. The highest BCUT2D eigenvalue weighted by molar-refractivity contribution is 7.92. The number of carbonyl (C=O) groups is 2. The van der Waals surface area contributed by atoms with E-state index in [1.54, 1.807) is 31.2 Å². The zero-order valence-corrected chi connectivity index (χ0v) is 23.2. The Morgan fingerprint density at radius 1 is 1.00 bits per heavy atom. The van der Waals surface area contributed by atoms with E-state index in [1.807, 2.05) is 13.8 Å². The Bertz CT molecular complexity index is 1160. The predicted molar refractivity (Wildman–Crippen MR) is 143 cm³/mol. The standard InChI is InChI=1S/C24H30Cl3N3O4S/c1-5-16(3)28-24(32)21(6-2)29(14-17-9-7-8-10-19(17)26)23(31)15-30(35(4,33)34)22-13-18(25)11-12-20(22)27/h7-13,16,21H,5-6,14-15H2,1-4H3,(H,28,32). The quantitative estimate of drug-likeness (QED) is 0.411. The van der Waals surface area contributed by atoms with E-state index in [0.717, 1.165) is 17.0 Å². The molecule has 0 aliphatic carbocycles. The van der Waals surface area contributed by atoms with Gasteiger partial charge in [0, 0.05) is 22.6 Å². The lowest BCUT2D eigenvalue weighted by Gasteiger charge is -2.33. The van der Waals surface area contributed by atoms with Crippen LogP contribution in [-0.2, 0) is 26.2 Å². The van der Waals surface area contributed by atoms with Gasteiger partial charge in [-0.2, -0.15) is 0 Å². The highest BCUT2D eigenvalue weighted by Crippen LogP contribution is 2.31. The number of carbonyl (C=O) groups excluding carboxylic acids is 2. The van der Waals surface area contributed by atoms with Crippen molar-refractivity contribution < 1.29 is 18.0 Å². The lowest BCUT2D eigenvalue weighted by molar-refractivity contribution is -0.140. The first kappa shape index (κ1) is 29.2. The largest absolute Gasteiger partial charge is 0.352 e. The van der Waals surface area contributed by atoms with Crippen LogP contribution >= 0.6 is 34.8 Å². The molecule has 1 N–H and O–H groups in total. The van der Waals surface area contributed by atoms with Crippen molar-refractivity contribution in [1.82, 2.24) is 10.2 Å². The van der Waals surface area contributed by atoms with Crippen LogP contribution in [0, 0.1) is 0 Å². The van der Waals surface area contributed by atoms with Gasteiger partial charge in [0.2, 0.25) is 21.8 Å². The molecule has 0 aromatic heterocycles. The van der Waals surface area contributed by atoms with E-state index in [9.17, 15) is 18.0 Å². The monoisotopic (exact) mass is 561 g/mol. The van der Waals surface area contributed by atoms with Gasteiger partial charge in [0.05, 0.1) is 17.0 Å². The van der Waals surface area contributed by atoms with Crippen molar-refractivity contribution in [2.45, 2.75) is 52.2 Å². The molecule has 0 fully saturated rings. The first-order valence-electron chi connectivity index (χ1n) is 11.1.